The summed E-state index contributed by atoms with van der Waals surface area (Å²) < 4.78 is 0. The highest BCUT2D eigenvalue weighted by Crippen LogP contribution is 2.25. The number of hydrogen-bond acceptors (Lipinski definition) is 0. The molecule has 0 saturated carbocycles. The van der Waals surface area contributed by atoms with Gasteiger partial charge in [0.1, 0.15) is 0 Å². The maximum atomic E-state index is 3.93. The van der Waals surface area contributed by atoms with Gasteiger partial charge < -0.3 is 0 Å². The quantitative estimate of drug-likeness (QED) is 0.548. The molecule has 66 valence electrons. The number of hydrogen-bond donors (Lipinski definition) is 0. The Morgan fingerprint density at radius 2 is 2.00 bits per heavy atom. The lowest BCUT2D eigenvalue weighted by atomic mass is 10.0. The molecule has 0 spiro atoms. The third-order valence-electron chi connectivity index (χ3n) is 2.32. The minimum Gasteiger partial charge on any atom is -0.0917 e. The first kappa shape index (κ1) is 9.31. The summed E-state index contributed by atoms with van der Waals surface area (Å²) >= 11 is 0. The van der Waals surface area contributed by atoms with Crippen LogP contribution in [0.5, 0.6) is 0 Å². The number of rotatable bonds is 4. The largest absolute Gasteiger partial charge is 0.0917 e. The van der Waals surface area contributed by atoms with E-state index in [1.165, 1.54) is 42.4 Å². The molecule has 12 heavy (non-hydrogen) atoms. The van der Waals surface area contributed by atoms with Crippen molar-refractivity contribution in [3.63, 3.8) is 0 Å². The molecule has 0 aromatic heterocycles. The van der Waals surface area contributed by atoms with Gasteiger partial charge >= 0.3 is 0 Å². The van der Waals surface area contributed by atoms with Crippen LogP contribution in [0.15, 0.2) is 35.5 Å². The van der Waals surface area contributed by atoms with Crippen molar-refractivity contribution in [2.75, 3.05) is 0 Å². The Morgan fingerprint density at radius 3 is 2.50 bits per heavy atom. The highest BCUT2D eigenvalue weighted by Gasteiger charge is 2.06. The molecule has 0 aliphatic heterocycles. The van der Waals surface area contributed by atoms with Gasteiger partial charge in [-0.3, -0.25) is 0 Å². The molecule has 0 unspecified atom stereocenters. The molecule has 0 saturated heterocycles. The summed E-state index contributed by atoms with van der Waals surface area (Å²) in [6.07, 6.45) is 9.58. The van der Waals surface area contributed by atoms with Gasteiger partial charge in [0.05, 0.1) is 0 Å². The highest BCUT2D eigenvalue weighted by atomic mass is 14.1. The summed E-state index contributed by atoms with van der Waals surface area (Å²) in [5, 5.41) is 0. The molecule has 1 rings (SSSR count). The van der Waals surface area contributed by atoms with Gasteiger partial charge in [0.15, 0.2) is 0 Å². The molecule has 0 heterocycles. The van der Waals surface area contributed by atoms with Crippen LogP contribution in [0.2, 0.25) is 0 Å². The second-order valence-corrected chi connectivity index (χ2v) is 3.53. The first-order chi connectivity index (χ1) is 5.74. The molecule has 0 nitrogen and oxygen atoms in total. The SMILES string of the molecule is C=C1C=C(C)C(CCCCC)=C1. The van der Waals surface area contributed by atoms with E-state index < -0.39 is 0 Å². The van der Waals surface area contributed by atoms with E-state index in [0.29, 0.717) is 0 Å². The van der Waals surface area contributed by atoms with Gasteiger partial charge in [0.25, 0.3) is 0 Å². The summed E-state index contributed by atoms with van der Waals surface area (Å²) in [4.78, 5) is 0. The summed E-state index contributed by atoms with van der Waals surface area (Å²) in [5.74, 6) is 0. The van der Waals surface area contributed by atoms with E-state index >= 15 is 0 Å². The fourth-order valence-electron chi connectivity index (χ4n) is 1.58. The lowest BCUT2D eigenvalue weighted by Crippen LogP contribution is -1.82. The van der Waals surface area contributed by atoms with Crippen molar-refractivity contribution in [2.45, 2.75) is 39.5 Å². The fraction of sp³-hybridized carbons (Fsp3) is 0.500. The molecule has 0 N–H and O–H groups in total. The van der Waals surface area contributed by atoms with Crippen LogP contribution in [0.4, 0.5) is 0 Å². The topological polar surface area (TPSA) is 0 Å². The first-order valence-electron chi connectivity index (χ1n) is 4.82. The van der Waals surface area contributed by atoms with Gasteiger partial charge in [0.2, 0.25) is 0 Å². The van der Waals surface area contributed by atoms with Crippen molar-refractivity contribution >= 4 is 0 Å². The molecule has 0 amide bonds. The van der Waals surface area contributed by atoms with Crippen LogP contribution in [0.3, 0.4) is 0 Å². The zero-order valence-electron chi connectivity index (χ0n) is 8.19. The van der Waals surface area contributed by atoms with Crippen LogP contribution in [0.25, 0.3) is 0 Å². The van der Waals surface area contributed by atoms with E-state index in [0.717, 1.165) is 0 Å². The molecule has 0 heteroatoms. The molecule has 0 bridgehead atoms. The zero-order chi connectivity index (χ0) is 8.97. The van der Waals surface area contributed by atoms with Gasteiger partial charge in [-0.25, -0.2) is 0 Å². The van der Waals surface area contributed by atoms with Gasteiger partial charge in [-0.15, -0.1) is 0 Å². The minimum atomic E-state index is 1.17. The first-order valence-corrected chi connectivity index (χ1v) is 4.82. The standard InChI is InChI=1S/C12H18/c1-4-5-6-7-12-9-10(2)8-11(12)3/h8-9H,2,4-7H2,1,3H3. The van der Waals surface area contributed by atoms with Crippen LogP contribution in [0, 0.1) is 0 Å². The van der Waals surface area contributed by atoms with Crippen molar-refractivity contribution < 1.29 is 0 Å². The molecule has 1 aliphatic carbocycles. The highest BCUT2D eigenvalue weighted by molar-refractivity contribution is 5.49. The van der Waals surface area contributed by atoms with Gasteiger partial charge in [0, 0.05) is 0 Å². The second-order valence-electron chi connectivity index (χ2n) is 3.53. The maximum absolute atomic E-state index is 3.93. The van der Waals surface area contributed by atoms with E-state index in [1.807, 2.05) is 0 Å². The van der Waals surface area contributed by atoms with Crippen molar-refractivity contribution in [3.05, 3.63) is 35.5 Å². The van der Waals surface area contributed by atoms with E-state index in [2.05, 4.69) is 32.6 Å². The van der Waals surface area contributed by atoms with Gasteiger partial charge in [-0.05, 0) is 36.5 Å². The lowest BCUT2D eigenvalue weighted by molar-refractivity contribution is 0.716. The summed E-state index contributed by atoms with van der Waals surface area (Å²) in [6.45, 7) is 8.35. The van der Waals surface area contributed by atoms with Crippen LogP contribution in [0.1, 0.15) is 39.5 Å². The molecule has 1 aliphatic rings. The predicted octanol–water partition coefficient (Wildman–Crippen LogP) is 4.01. The number of allylic oxidation sites excluding steroid dienone is 5. The summed E-state index contributed by atoms with van der Waals surface area (Å²) in [5.41, 5.74) is 4.07. The second kappa shape index (κ2) is 4.30. The number of unbranched alkanes of at least 4 members (excludes halogenated alkanes) is 2. The molecular formula is C12H18. The minimum absolute atomic E-state index is 1.17. The Morgan fingerprint density at radius 1 is 1.25 bits per heavy atom. The molecular weight excluding hydrogens is 144 g/mol. The summed E-state index contributed by atoms with van der Waals surface area (Å²) in [6, 6.07) is 0. The van der Waals surface area contributed by atoms with Gasteiger partial charge in [-0.1, -0.05) is 38.5 Å². The smallest absolute Gasteiger partial charge is 0.0276 e. The molecule has 0 atom stereocenters. The van der Waals surface area contributed by atoms with E-state index in [9.17, 15) is 0 Å². The van der Waals surface area contributed by atoms with Crippen molar-refractivity contribution in [3.8, 4) is 0 Å². The normalized spacial score (nSPS) is 16.3. The zero-order valence-corrected chi connectivity index (χ0v) is 8.19. The van der Waals surface area contributed by atoms with E-state index in [-0.39, 0.29) is 0 Å². The van der Waals surface area contributed by atoms with Crippen molar-refractivity contribution in [1.82, 2.24) is 0 Å². The average Bonchev–Trinajstić information content (AvgIpc) is 2.31. The lowest BCUT2D eigenvalue weighted by Gasteiger charge is -2.01. The van der Waals surface area contributed by atoms with Gasteiger partial charge in [-0.2, -0.15) is 0 Å². The molecule has 0 fully saturated rings. The summed E-state index contributed by atoms with van der Waals surface area (Å²) in [7, 11) is 0. The third-order valence-corrected chi connectivity index (χ3v) is 2.32. The molecule has 0 aromatic carbocycles. The molecule has 0 aromatic rings. The van der Waals surface area contributed by atoms with E-state index in [4.69, 9.17) is 0 Å². The monoisotopic (exact) mass is 162 g/mol. The van der Waals surface area contributed by atoms with Crippen molar-refractivity contribution in [1.29, 1.82) is 0 Å². The Labute approximate surface area is 75.7 Å². The predicted molar refractivity (Wildman–Crippen MR) is 55.1 cm³/mol. The van der Waals surface area contributed by atoms with Crippen LogP contribution in [-0.4, -0.2) is 0 Å². The fourth-order valence-corrected chi connectivity index (χ4v) is 1.58. The Bertz CT molecular complexity index is 228. The molecule has 0 radical (unpaired) electrons. The van der Waals surface area contributed by atoms with E-state index in [1.54, 1.807) is 0 Å². The maximum Gasteiger partial charge on any atom is -0.0276 e. The van der Waals surface area contributed by atoms with Crippen LogP contribution < -0.4 is 0 Å². The van der Waals surface area contributed by atoms with Crippen LogP contribution in [-0.2, 0) is 0 Å². The third kappa shape index (κ3) is 2.37. The Kier molecular flexibility index (Phi) is 3.33. The van der Waals surface area contributed by atoms with Crippen LogP contribution >= 0.6 is 0 Å². The average molecular weight is 162 g/mol. The Balaban J connectivity index is 2.39. The Hall–Kier alpha value is -0.780. The van der Waals surface area contributed by atoms with Crippen molar-refractivity contribution in [2.24, 2.45) is 0 Å².